The minimum Gasteiger partial charge on any atom is -0.478 e. The van der Waals surface area contributed by atoms with E-state index >= 15 is 0 Å². The number of Topliss-reactive ketones (excluding diaryl/α,β-unsaturated/α-hetero) is 1. The van der Waals surface area contributed by atoms with E-state index in [2.05, 4.69) is 4.98 Å². The topological polar surface area (TPSA) is 70.2 Å². The second-order valence-corrected chi connectivity index (χ2v) is 4.29. The first-order valence-corrected chi connectivity index (χ1v) is 5.58. The summed E-state index contributed by atoms with van der Waals surface area (Å²) in [5.41, 5.74) is 2.37. The minimum absolute atomic E-state index is 0.0822. The maximum Gasteiger partial charge on any atom is 0.337 e. The van der Waals surface area contributed by atoms with Crippen LogP contribution in [-0.2, 0) is 6.42 Å². The van der Waals surface area contributed by atoms with Gasteiger partial charge in [-0.05, 0) is 24.5 Å². The Labute approximate surface area is 97.3 Å². The van der Waals surface area contributed by atoms with Crippen molar-refractivity contribution in [3.05, 3.63) is 35.0 Å². The van der Waals surface area contributed by atoms with Crippen molar-refractivity contribution in [3.8, 4) is 0 Å². The standard InChI is InChI=1S/C13H11NO3/c15-10-6-2-4-8-7-3-1-5-9(13(16)17)11(7)14-12(8)10/h1,3,5,14H,2,4,6H2,(H,16,17). The van der Waals surface area contributed by atoms with Crippen molar-refractivity contribution in [3.63, 3.8) is 0 Å². The number of aromatic nitrogens is 1. The Morgan fingerprint density at radius 2 is 2.12 bits per heavy atom. The molecule has 1 aliphatic rings. The molecule has 2 N–H and O–H groups in total. The van der Waals surface area contributed by atoms with Crippen molar-refractivity contribution in [1.82, 2.24) is 4.98 Å². The highest BCUT2D eigenvalue weighted by atomic mass is 16.4. The number of rotatable bonds is 1. The van der Waals surface area contributed by atoms with Gasteiger partial charge in [-0.3, -0.25) is 4.79 Å². The van der Waals surface area contributed by atoms with Gasteiger partial charge in [0.25, 0.3) is 0 Å². The summed E-state index contributed by atoms with van der Waals surface area (Å²) >= 11 is 0. The van der Waals surface area contributed by atoms with Gasteiger partial charge in [0.2, 0.25) is 0 Å². The third-order valence-electron chi connectivity index (χ3n) is 3.28. The fourth-order valence-corrected chi connectivity index (χ4v) is 2.50. The summed E-state index contributed by atoms with van der Waals surface area (Å²) in [6, 6.07) is 5.14. The normalized spacial score (nSPS) is 14.9. The van der Waals surface area contributed by atoms with Crippen LogP contribution in [0.25, 0.3) is 10.9 Å². The zero-order valence-electron chi connectivity index (χ0n) is 9.12. The number of carbonyl (C=O) groups is 2. The van der Waals surface area contributed by atoms with Gasteiger partial charge in [0, 0.05) is 11.8 Å². The molecular weight excluding hydrogens is 218 g/mol. The molecule has 0 radical (unpaired) electrons. The summed E-state index contributed by atoms with van der Waals surface area (Å²) in [5, 5.41) is 9.97. The van der Waals surface area contributed by atoms with Crippen LogP contribution in [0, 0.1) is 0 Å². The Balaban J connectivity index is 2.37. The Hall–Kier alpha value is -2.10. The number of carboxylic acids is 1. The van der Waals surface area contributed by atoms with Crippen molar-refractivity contribution in [1.29, 1.82) is 0 Å². The fraction of sp³-hybridized carbons (Fsp3) is 0.231. The Bertz CT molecular complexity index is 639. The maximum atomic E-state index is 11.8. The van der Waals surface area contributed by atoms with Gasteiger partial charge in [-0.1, -0.05) is 12.1 Å². The molecular formula is C13H11NO3. The molecule has 1 heterocycles. The highest BCUT2D eigenvalue weighted by molar-refractivity contribution is 6.08. The molecule has 3 rings (SSSR count). The summed E-state index contributed by atoms with van der Waals surface area (Å²) < 4.78 is 0. The molecule has 0 saturated heterocycles. The highest BCUT2D eigenvalue weighted by Gasteiger charge is 2.23. The van der Waals surface area contributed by atoms with E-state index in [0.717, 1.165) is 23.8 Å². The van der Waals surface area contributed by atoms with E-state index in [0.29, 0.717) is 17.6 Å². The molecule has 1 aliphatic carbocycles. The van der Waals surface area contributed by atoms with Gasteiger partial charge in [-0.15, -0.1) is 0 Å². The average molecular weight is 229 g/mol. The van der Waals surface area contributed by atoms with Crippen LogP contribution >= 0.6 is 0 Å². The second-order valence-electron chi connectivity index (χ2n) is 4.29. The lowest BCUT2D eigenvalue weighted by molar-refractivity contribution is 0.0698. The molecule has 0 spiro atoms. The van der Waals surface area contributed by atoms with Crippen LogP contribution in [0.5, 0.6) is 0 Å². The lowest BCUT2D eigenvalue weighted by Gasteiger charge is -2.09. The molecule has 4 nitrogen and oxygen atoms in total. The summed E-state index contributed by atoms with van der Waals surface area (Å²) in [6.07, 6.45) is 2.22. The lowest BCUT2D eigenvalue weighted by Crippen LogP contribution is -2.09. The number of carbonyl (C=O) groups excluding carboxylic acids is 1. The number of aromatic amines is 1. The van der Waals surface area contributed by atoms with E-state index in [4.69, 9.17) is 5.11 Å². The van der Waals surface area contributed by atoms with Gasteiger partial charge in [-0.25, -0.2) is 4.79 Å². The number of fused-ring (bicyclic) bond motifs is 3. The third-order valence-corrected chi connectivity index (χ3v) is 3.28. The van der Waals surface area contributed by atoms with Gasteiger partial charge in [0.15, 0.2) is 5.78 Å². The van der Waals surface area contributed by atoms with Crippen LogP contribution in [0.15, 0.2) is 18.2 Å². The number of hydrogen-bond donors (Lipinski definition) is 2. The monoisotopic (exact) mass is 229 g/mol. The highest BCUT2D eigenvalue weighted by Crippen LogP contribution is 2.30. The molecule has 4 heteroatoms. The van der Waals surface area contributed by atoms with Gasteiger partial charge in [0.1, 0.15) is 0 Å². The third kappa shape index (κ3) is 1.37. The smallest absolute Gasteiger partial charge is 0.337 e. The van der Waals surface area contributed by atoms with Crippen LogP contribution in [0.3, 0.4) is 0 Å². The molecule has 0 atom stereocenters. The van der Waals surface area contributed by atoms with E-state index in [9.17, 15) is 9.59 Å². The fourth-order valence-electron chi connectivity index (χ4n) is 2.50. The number of benzene rings is 1. The molecule has 0 saturated carbocycles. The molecule has 17 heavy (non-hydrogen) atoms. The molecule has 2 aromatic rings. The van der Waals surface area contributed by atoms with Crippen molar-refractivity contribution in [2.45, 2.75) is 19.3 Å². The van der Waals surface area contributed by atoms with Gasteiger partial charge in [0.05, 0.1) is 16.8 Å². The summed E-state index contributed by atoms with van der Waals surface area (Å²) in [6.45, 7) is 0. The number of H-pyrrole nitrogens is 1. The quantitative estimate of drug-likeness (QED) is 0.788. The SMILES string of the molecule is O=C1CCCc2c1[nH]c1c(C(=O)O)cccc21. The Kier molecular flexibility index (Phi) is 2.04. The number of aromatic carboxylic acids is 1. The first kappa shape index (κ1) is 10.1. The molecule has 1 aromatic carbocycles. The zero-order chi connectivity index (χ0) is 12.0. The molecule has 1 aromatic heterocycles. The summed E-state index contributed by atoms with van der Waals surface area (Å²) in [5.74, 6) is -0.888. The molecule has 0 aliphatic heterocycles. The first-order valence-electron chi connectivity index (χ1n) is 5.58. The van der Waals surface area contributed by atoms with E-state index in [1.54, 1.807) is 12.1 Å². The van der Waals surface area contributed by atoms with Gasteiger partial charge >= 0.3 is 5.97 Å². The summed E-state index contributed by atoms with van der Waals surface area (Å²) in [4.78, 5) is 25.8. The summed E-state index contributed by atoms with van der Waals surface area (Å²) in [7, 11) is 0. The van der Waals surface area contributed by atoms with E-state index < -0.39 is 5.97 Å². The second kappa shape index (κ2) is 3.45. The van der Waals surface area contributed by atoms with Crippen LogP contribution in [0.1, 0.15) is 39.3 Å². The van der Waals surface area contributed by atoms with Crippen LogP contribution < -0.4 is 0 Å². The van der Waals surface area contributed by atoms with Crippen molar-refractivity contribution in [2.24, 2.45) is 0 Å². The van der Waals surface area contributed by atoms with Crippen LogP contribution in [0.4, 0.5) is 0 Å². The van der Waals surface area contributed by atoms with Crippen molar-refractivity contribution in [2.75, 3.05) is 0 Å². The minimum atomic E-state index is -0.971. The Morgan fingerprint density at radius 3 is 2.88 bits per heavy atom. The number of hydrogen-bond acceptors (Lipinski definition) is 2. The first-order chi connectivity index (χ1) is 8.18. The average Bonchev–Trinajstić information content (AvgIpc) is 2.69. The number of aryl methyl sites for hydroxylation is 1. The predicted octanol–water partition coefficient (Wildman–Crippen LogP) is 2.39. The number of ketones is 1. The molecule has 0 bridgehead atoms. The van der Waals surface area contributed by atoms with Gasteiger partial charge in [-0.2, -0.15) is 0 Å². The lowest BCUT2D eigenvalue weighted by atomic mass is 9.94. The van der Waals surface area contributed by atoms with Gasteiger partial charge < -0.3 is 10.1 Å². The van der Waals surface area contributed by atoms with Crippen molar-refractivity contribution >= 4 is 22.7 Å². The molecule has 0 unspecified atom stereocenters. The number of carboxylic acid groups (broad SMARTS) is 1. The van der Waals surface area contributed by atoms with Crippen LogP contribution in [-0.4, -0.2) is 21.8 Å². The number of nitrogens with one attached hydrogen (secondary N) is 1. The van der Waals surface area contributed by atoms with E-state index in [1.165, 1.54) is 0 Å². The zero-order valence-corrected chi connectivity index (χ0v) is 9.12. The molecule has 0 fully saturated rings. The predicted molar refractivity (Wildman–Crippen MR) is 62.5 cm³/mol. The van der Waals surface area contributed by atoms with Crippen LogP contribution in [0.2, 0.25) is 0 Å². The molecule has 0 amide bonds. The number of para-hydroxylation sites is 1. The molecule has 86 valence electrons. The largest absolute Gasteiger partial charge is 0.478 e. The maximum absolute atomic E-state index is 11.8. The van der Waals surface area contributed by atoms with E-state index in [1.807, 2.05) is 6.07 Å². The Morgan fingerprint density at radius 1 is 1.29 bits per heavy atom. The van der Waals surface area contributed by atoms with E-state index in [-0.39, 0.29) is 11.3 Å². The van der Waals surface area contributed by atoms with Crippen molar-refractivity contribution < 1.29 is 14.7 Å².